The highest BCUT2D eigenvalue weighted by Gasteiger charge is 2.51. The molecule has 1 saturated carbocycles. The lowest BCUT2D eigenvalue weighted by atomic mass is 9.78. The zero-order chi connectivity index (χ0) is 19.2. The van der Waals surface area contributed by atoms with Gasteiger partial charge in [-0.1, -0.05) is 0 Å². The lowest BCUT2D eigenvalue weighted by Gasteiger charge is -2.50. The van der Waals surface area contributed by atoms with Gasteiger partial charge in [0.05, 0.1) is 23.3 Å². The first kappa shape index (κ1) is 18.6. The van der Waals surface area contributed by atoms with Crippen molar-refractivity contribution in [2.45, 2.75) is 43.2 Å². The Morgan fingerprint density at radius 1 is 1.26 bits per heavy atom. The van der Waals surface area contributed by atoms with E-state index in [1.54, 1.807) is 6.33 Å². The van der Waals surface area contributed by atoms with Crippen LogP contribution in [0.15, 0.2) is 6.33 Å². The Balaban J connectivity index is 1.50. The Bertz CT molecular complexity index is 739. The largest absolute Gasteiger partial charge is 0.442 e. The number of aromatic nitrogens is 2. The van der Waals surface area contributed by atoms with Crippen LogP contribution in [0, 0.1) is 5.92 Å². The van der Waals surface area contributed by atoms with Crippen LogP contribution >= 0.6 is 11.8 Å². The summed E-state index contributed by atoms with van der Waals surface area (Å²) in [6, 6.07) is 0. The molecule has 10 heteroatoms. The van der Waals surface area contributed by atoms with E-state index in [1.165, 1.54) is 4.90 Å². The molecule has 3 aliphatic rings. The number of halogens is 3. The first-order valence-corrected chi connectivity index (χ1v) is 10.1. The molecule has 2 aliphatic heterocycles. The van der Waals surface area contributed by atoms with Crippen LogP contribution in [0.25, 0.3) is 0 Å². The van der Waals surface area contributed by atoms with Crippen LogP contribution in [0.3, 0.4) is 0 Å². The van der Waals surface area contributed by atoms with E-state index in [-0.39, 0.29) is 23.6 Å². The number of hydrogen-bond donors (Lipinski definition) is 1. The number of nitrogens with one attached hydrogen (secondary N) is 1. The number of piperidine rings is 1. The van der Waals surface area contributed by atoms with Crippen LogP contribution in [0.4, 0.5) is 13.2 Å². The van der Waals surface area contributed by atoms with E-state index in [9.17, 15) is 22.8 Å². The summed E-state index contributed by atoms with van der Waals surface area (Å²) in [6.45, 7) is 1.28. The number of aromatic amines is 1. The molecule has 27 heavy (non-hydrogen) atoms. The zero-order valence-corrected chi connectivity index (χ0v) is 15.5. The minimum atomic E-state index is -4.41. The molecule has 2 fully saturated rings. The maximum atomic E-state index is 12.9. The second-order valence-corrected chi connectivity index (χ2v) is 8.43. The van der Waals surface area contributed by atoms with Crippen LogP contribution in [-0.4, -0.2) is 62.5 Å². The number of imidazole rings is 1. The van der Waals surface area contributed by atoms with Gasteiger partial charge in [-0.2, -0.15) is 13.2 Å². The lowest BCUT2D eigenvalue weighted by molar-refractivity contribution is -0.145. The molecule has 1 aromatic rings. The highest BCUT2D eigenvalue weighted by atomic mass is 32.2. The Hall–Kier alpha value is -1.71. The number of carbonyl (C=O) groups excluding carboxylic acids is 2. The molecular formula is C17H21F3N4O2S. The van der Waals surface area contributed by atoms with Crippen molar-refractivity contribution in [1.82, 2.24) is 19.8 Å². The van der Waals surface area contributed by atoms with Crippen molar-refractivity contribution in [3.05, 3.63) is 17.7 Å². The summed E-state index contributed by atoms with van der Waals surface area (Å²) in [4.78, 5) is 36.1. The zero-order valence-electron chi connectivity index (χ0n) is 14.7. The lowest BCUT2D eigenvalue weighted by Crippen LogP contribution is -2.59. The fraction of sp³-hybridized carbons (Fsp3) is 0.706. The smallest absolute Gasteiger partial charge is 0.348 e. The van der Waals surface area contributed by atoms with Crippen molar-refractivity contribution in [1.29, 1.82) is 0 Å². The first-order valence-electron chi connectivity index (χ1n) is 9.13. The minimum Gasteiger partial charge on any atom is -0.348 e. The van der Waals surface area contributed by atoms with Gasteiger partial charge >= 0.3 is 5.51 Å². The summed E-state index contributed by atoms with van der Waals surface area (Å²) in [6.07, 6.45) is 5.20. The van der Waals surface area contributed by atoms with Crippen molar-refractivity contribution in [3.63, 3.8) is 0 Å². The van der Waals surface area contributed by atoms with Crippen LogP contribution in [0.1, 0.15) is 37.1 Å². The van der Waals surface area contributed by atoms with Crippen LogP contribution < -0.4 is 0 Å². The van der Waals surface area contributed by atoms with Gasteiger partial charge in [0.2, 0.25) is 11.8 Å². The van der Waals surface area contributed by atoms with E-state index in [4.69, 9.17) is 0 Å². The number of amides is 2. The molecule has 0 unspecified atom stereocenters. The summed E-state index contributed by atoms with van der Waals surface area (Å²) >= 11 is -0.303. The third-order valence-corrected chi connectivity index (χ3v) is 6.48. The normalized spacial score (nSPS) is 22.0. The van der Waals surface area contributed by atoms with Crippen molar-refractivity contribution >= 4 is 23.6 Å². The summed E-state index contributed by atoms with van der Waals surface area (Å²) in [5.41, 5.74) is -3.09. The molecule has 0 bridgehead atoms. The summed E-state index contributed by atoms with van der Waals surface area (Å²) in [5, 5.41) is 0. The Labute approximate surface area is 158 Å². The number of likely N-dealkylation sites (tertiary alicyclic amines) is 1. The third-order valence-electron chi connectivity index (χ3n) is 5.76. The molecule has 6 nitrogen and oxygen atoms in total. The van der Waals surface area contributed by atoms with Crippen LogP contribution in [0.5, 0.6) is 0 Å². The van der Waals surface area contributed by atoms with Gasteiger partial charge < -0.3 is 14.8 Å². The summed E-state index contributed by atoms with van der Waals surface area (Å²) in [7, 11) is 0. The molecule has 1 spiro atoms. The number of thioether (sulfide) groups is 1. The Kier molecular flexibility index (Phi) is 4.64. The SMILES string of the molecule is O=C(CSC(F)(F)F)N1CCC2(CC1)c1nc[nH]c1CCN2C(=O)C1CC1. The highest BCUT2D eigenvalue weighted by Crippen LogP contribution is 2.45. The van der Waals surface area contributed by atoms with E-state index < -0.39 is 22.7 Å². The predicted molar refractivity (Wildman–Crippen MR) is 92.7 cm³/mol. The standard InChI is InChI=1S/C17H21F3N4O2S/c18-17(19,20)27-9-13(25)23-7-4-16(5-8-23)14-12(21-10-22-14)3-6-24(16)15(26)11-1-2-11/h10-11H,1-9H2,(H,21,22). The van der Waals surface area contributed by atoms with E-state index >= 15 is 0 Å². The Morgan fingerprint density at radius 3 is 2.59 bits per heavy atom. The number of carbonyl (C=O) groups is 2. The summed E-state index contributed by atoms with van der Waals surface area (Å²) in [5.74, 6) is -0.874. The second kappa shape index (κ2) is 6.72. The van der Waals surface area contributed by atoms with Crippen LogP contribution in [0.2, 0.25) is 0 Å². The van der Waals surface area contributed by atoms with Gasteiger partial charge in [-0.15, -0.1) is 0 Å². The number of rotatable bonds is 3. The molecule has 0 atom stereocenters. The van der Waals surface area contributed by atoms with Gasteiger partial charge in [0.15, 0.2) is 0 Å². The number of alkyl halides is 3. The maximum Gasteiger partial charge on any atom is 0.442 e. The van der Waals surface area contributed by atoms with E-state index in [1.807, 2.05) is 4.90 Å². The van der Waals surface area contributed by atoms with Gasteiger partial charge in [0, 0.05) is 37.7 Å². The number of hydrogen-bond acceptors (Lipinski definition) is 4. The second-order valence-electron chi connectivity index (χ2n) is 7.39. The molecule has 3 heterocycles. The van der Waals surface area contributed by atoms with Gasteiger partial charge in [0.25, 0.3) is 0 Å². The Morgan fingerprint density at radius 2 is 1.96 bits per heavy atom. The molecule has 1 aliphatic carbocycles. The van der Waals surface area contributed by atoms with Gasteiger partial charge in [-0.05, 0) is 37.4 Å². The monoisotopic (exact) mass is 402 g/mol. The number of H-pyrrole nitrogens is 1. The van der Waals surface area contributed by atoms with Crippen LogP contribution in [-0.2, 0) is 21.5 Å². The molecule has 2 amide bonds. The third kappa shape index (κ3) is 3.55. The molecule has 1 saturated heterocycles. The van der Waals surface area contributed by atoms with Crippen molar-refractivity contribution in [2.24, 2.45) is 5.92 Å². The van der Waals surface area contributed by atoms with Crippen molar-refractivity contribution in [2.75, 3.05) is 25.4 Å². The molecule has 0 aromatic carbocycles. The summed E-state index contributed by atoms with van der Waals surface area (Å²) < 4.78 is 37.1. The average Bonchev–Trinajstić information content (AvgIpc) is 3.37. The molecule has 4 rings (SSSR count). The fourth-order valence-corrected chi connectivity index (χ4v) is 4.69. The predicted octanol–water partition coefficient (Wildman–Crippen LogP) is 2.28. The molecule has 148 valence electrons. The highest BCUT2D eigenvalue weighted by molar-refractivity contribution is 8.00. The van der Waals surface area contributed by atoms with Gasteiger partial charge in [-0.25, -0.2) is 4.98 Å². The molecular weight excluding hydrogens is 381 g/mol. The number of nitrogens with zero attached hydrogens (tertiary/aromatic N) is 3. The number of fused-ring (bicyclic) bond motifs is 2. The van der Waals surface area contributed by atoms with Crippen molar-refractivity contribution < 1.29 is 22.8 Å². The van der Waals surface area contributed by atoms with Gasteiger partial charge in [0.1, 0.15) is 0 Å². The fourth-order valence-electron chi connectivity index (χ4n) is 4.22. The van der Waals surface area contributed by atoms with E-state index in [2.05, 4.69) is 9.97 Å². The topological polar surface area (TPSA) is 69.3 Å². The first-order chi connectivity index (χ1) is 12.8. The van der Waals surface area contributed by atoms with Crippen molar-refractivity contribution in [3.8, 4) is 0 Å². The minimum absolute atomic E-state index is 0.0882. The maximum absolute atomic E-state index is 12.9. The molecule has 0 radical (unpaired) electrons. The van der Waals surface area contributed by atoms with Gasteiger partial charge in [-0.3, -0.25) is 9.59 Å². The molecule has 1 aromatic heterocycles. The van der Waals surface area contributed by atoms with E-state index in [0.29, 0.717) is 32.5 Å². The molecule has 1 N–H and O–H groups in total. The quantitative estimate of drug-likeness (QED) is 0.842. The van der Waals surface area contributed by atoms with E-state index in [0.717, 1.165) is 30.7 Å². The average molecular weight is 402 g/mol.